The number of carboxylic acids is 1. The minimum atomic E-state index is -1.52. The van der Waals surface area contributed by atoms with Crippen molar-refractivity contribution in [1.82, 2.24) is 0 Å². The van der Waals surface area contributed by atoms with Gasteiger partial charge in [0.15, 0.2) is 6.10 Å². The molecule has 2 unspecified atom stereocenters. The zero-order valence-corrected chi connectivity index (χ0v) is 67.1. The average molecular weight is 1410 g/mol. The van der Waals surface area contributed by atoms with Gasteiger partial charge in [-0.15, -0.1) is 0 Å². The van der Waals surface area contributed by atoms with Crippen molar-refractivity contribution < 1.29 is 42.9 Å². The molecule has 0 radical (unpaired) electrons. The summed E-state index contributed by atoms with van der Waals surface area (Å²) in [4.78, 5) is 37.8. The number of likely N-dealkylation sites (N-methyl/N-ethyl adjacent to an activating group) is 1. The number of rotatable bonds is 80. The molecule has 9 heteroatoms. The number of nitrogens with zero attached hydrogens (tertiary/aromatic N) is 1. The Hall–Kier alpha value is -4.05. The molecule has 584 valence electrons. The summed E-state index contributed by atoms with van der Waals surface area (Å²) < 4.78 is 23.1. The summed E-state index contributed by atoms with van der Waals surface area (Å²) in [6.45, 7) is 4.80. The van der Waals surface area contributed by atoms with E-state index in [-0.39, 0.29) is 32.2 Å². The molecule has 0 bridgehead atoms. The Bertz CT molecular complexity index is 2040. The third kappa shape index (κ3) is 83.1. The molecular formula is C92H164NO8+. The zero-order valence-electron chi connectivity index (χ0n) is 67.1. The molecule has 0 aliphatic carbocycles. The van der Waals surface area contributed by atoms with Gasteiger partial charge in [-0.1, -0.05) is 393 Å². The molecule has 0 fully saturated rings. The quantitative estimate of drug-likeness (QED) is 0.0211. The highest BCUT2D eigenvalue weighted by atomic mass is 16.7. The van der Waals surface area contributed by atoms with E-state index >= 15 is 0 Å². The molecular weight excluding hydrogens is 1250 g/mol. The first kappa shape index (κ1) is 97.0. The summed E-state index contributed by atoms with van der Waals surface area (Å²) in [5, 5.41) is 9.79. The third-order valence-electron chi connectivity index (χ3n) is 19.0. The molecule has 0 aliphatic heterocycles. The number of ether oxygens (including phenoxy) is 4. The summed E-state index contributed by atoms with van der Waals surface area (Å²) in [7, 11) is 5.99. The summed E-state index contributed by atoms with van der Waals surface area (Å²) in [5.74, 6) is -1.99. The molecule has 0 aromatic rings. The number of carbonyl (C=O) groups is 3. The van der Waals surface area contributed by atoms with Crippen LogP contribution in [-0.2, 0) is 33.3 Å². The smallest absolute Gasteiger partial charge is 0.361 e. The monoisotopic (exact) mass is 1410 g/mol. The average Bonchev–Trinajstić information content (AvgIpc) is 1.25. The van der Waals surface area contributed by atoms with Gasteiger partial charge in [-0.05, 0) is 103 Å². The van der Waals surface area contributed by atoms with Crippen LogP contribution < -0.4 is 0 Å². The SMILES string of the molecule is CC/C=C\C/C=C\C/C=C\C/C=C\C/C=C\C/C=C\C/C=C\CCCCCCCCCCCCCCCC(=O)OC(COC(=O)CCCCCCCCCCCCCCCCCCCCCCCCCCCCCCC/C=C\C/C=C\CCCCCCC)COC(OCC[N+](C)(C)C)C(=O)O. The highest BCUT2D eigenvalue weighted by Gasteiger charge is 2.25. The summed E-state index contributed by atoms with van der Waals surface area (Å²) in [6, 6.07) is 0. The van der Waals surface area contributed by atoms with Crippen molar-refractivity contribution >= 4 is 17.9 Å². The highest BCUT2D eigenvalue weighted by molar-refractivity contribution is 5.71. The van der Waals surface area contributed by atoms with Gasteiger partial charge in [0.1, 0.15) is 13.2 Å². The molecule has 0 amide bonds. The minimum Gasteiger partial charge on any atom is -0.477 e. The number of carboxylic acid groups (broad SMARTS) is 1. The molecule has 0 aromatic heterocycles. The maximum Gasteiger partial charge on any atom is 0.361 e. The van der Waals surface area contributed by atoms with Gasteiger partial charge >= 0.3 is 17.9 Å². The van der Waals surface area contributed by atoms with E-state index in [2.05, 4.69) is 123 Å². The van der Waals surface area contributed by atoms with E-state index in [0.29, 0.717) is 17.4 Å². The third-order valence-corrected chi connectivity index (χ3v) is 19.0. The fourth-order valence-corrected chi connectivity index (χ4v) is 12.5. The lowest BCUT2D eigenvalue weighted by Crippen LogP contribution is -2.40. The van der Waals surface area contributed by atoms with Crippen molar-refractivity contribution in [1.29, 1.82) is 0 Å². The van der Waals surface area contributed by atoms with Crippen molar-refractivity contribution in [2.75, 3.05) is 47.5 Å². The van der Waals surface area contributed by atoms with Crippen molar-refractivity contribution in [3.63, 3.8) is 0 Å². The summed E-state index contributed by atoms with van der Waals surface area (Å²) in [6.07, 6.45) is 113. The molecule has 0 rings (SSSR count). The van der Waals surface area contributed by atoms with Crippen LogP contribution in [0.15, 0.2) is 109 Å². The molecule has 101 heavy (non-hydrogen) atoms. The second kappa shape index (κ2) is 81.6. The fourth-order valence-electron chi connectivity index (χ4n) is 12.5. The zero-order chi connectivity index (χ0) is 73.2. The van der Waals surface area contributed by atoms with Gasteiger partial charge in [0.05, 0.1) is 34.4 Å². The first-order valence-electron chi connectivity index (χ1n) is 43.1. The van der Waals surface area contributed by atoms with Crippen LogP contribution in [-0.4, -0.2) is 87.4 Å². The predicted molar refractivity (Wildman–Crippen MR) is 438 cm³/mol. The van der Waals surface area contributed by atoms with Crippen molar-refractivity contribution in [3.8, 4) is 0 Å². The van der Waals surface area contributed by atoms with Gasteiger partial charge in [-0.2, -0.15) is 0 Å². The number of unbranched alkanes of at least 4 members (excludes halogenated alkanes) is 47. The van der Waals surface area contributed by atoms with Crippen LogP contribution in [0.4, 0.5) is 0 Å². The largest absolute Gasteiger partial charge is 0.477 e. The molecule has 0 aromatic carbocycles. The van der Waals surface area contributed by atoms with Crippen molar-refractivity contribution in [2.24, 2.45) is 0 Å². The summed E-state index contributed by atoms with van der Waals surface area (Å²) in [5.41, 5.74) is 0. The Morgan fingerprint density at radius 2 is 0.564 bits per heavy atom. The van der Waals surface area contributed by atoms with Crippen LogP contribution >= 0.6 is 0 Å². The minimum absolute atomic E-state index is 0.182. The van der Waals surface area contributed by atoms with E-state index in [1.165, 1.54) is 283 Å². The molecule has 0 heterocycles. The van der Waals surface area contributed by atoms with Crippen LogP contribution in [0.3, 0.4) is 0 Å². The maximum absolute atomic E-state index is 13.0. The number of hydrogen-bond acceptors (Lipinski definition) is 7. The van der Waals surface area contributed by atoms with E-state index in [1.807, 2.05) is 21.1 Å². The Balaban J connectivity index is 3.96. The van der Waals surface area contributed by atoms with E-state index in [4.69, 9.17) is 18.9 Å². The van der Waals surface area contributed by atoms with Gasteiger partial charge in [0.25, 0.3) is 6.29 Å². The first-order chi connectivity index (χ1) is 49.6. The predicted octanol–water partition coefficient (Wildman–Crippen LogP) is 28.0. The molecule has 0 spiro atoms. The number of allylic oxidation sites excluding steroid dienone is 18. The van der Waals surface area contributed by atoms with E-state index in [9.17, 15) is 19.5 Å². The Morgan fingerprint density at radius 1 is 0.307 bits per heavy atom. The molecule has 1 N–H and O–H groups in total. The number of esters is 2. The van der Waals surface area contributed by atoms with Crippen molar-refractivity contribution in [2.45, 2.75) is 411 Å². The normalized spacial score (nSPS) is 13.2. The molecule has 2 atom stereocenters. The fraction of sp³-hybridized carbons (Fsp3) is 0.772. The van der Waals surface area contributed by atoms with Gasteiger partial charge in [-0.25, -0.2) is 4.79 Å². The van der Waals surface area contributed by atoms with E-state index < -0.39 is 24.3 Å². The molecule has 0 saturated heterocycles. The van der Waals surface area contributed by atoms with E-state index in [1.54, 1.807) is 0 Å². The van der Waals surface area contributed by atoms with Gasteiger partial charge < -0.3 is 28.5 Å². The lowest BCUT2D eigenvalue weighted by molar-refractivity contribution is -0.870. The van der Waals surface area contributed by atoms with Crippen LogP contribution in [0, 0.1) is 0 Å². The Morgan fingerprint density at radius 3 is 0.842 bits per heavy atom. The number of hydrogen-bond donors (Lipinski definition) is 1. The first-order valence-corrected chi connectivity index (χ1v) is 43.1. The lowest BCUT2D eigenvalue weighted by atomic mass is 10.0. The highest BCUT2D eigenvalue weighted by Crippen LogP contribution is 2.20. The van der Waals surface area contributed by atoms with E-state index in [0.717, 1.165) is 89.9 Å². The molecule has 0 saturated carbocycles. The van der Waals surface area contributed by atoms with Crippen LogP contribution in [0.1, 0.15) is 399 Å². The second-order valence-corrected chi connectivity index (χ2v) is 30.1. The maximum atomic E-state index is 13.0. The Labute approximate surface area is 625 Å². The van der Waals surface area contributed by atoms with Gasteiger partial charge in [0.2, 0.25) is 0 Å². The lowest BCUT2D eigenvalue weighted by Gasteiger charge is -2.25. The standard InChI is InChI=1S/C92H163NO8/c1-6-8-10-12-14-16-18-20-22-24-26-28-30-32-34-36-38-40-42-43-44-45-46-47-49-50-52-54-56-58-60-62-64-66-68-70-72-74-76-78-80-82-89(94)99-86-88(87-100-92(91(96)97)98-85-84-93(3,4)5)101-90(95)83-81-79-77-75-73-71-69-67-65-63-61-59-57-55-53-51-48-41-39-37-35-33-31-29-27-25-23-21-19-17-15-13-11-9-7-2/h9,11,15,17-18,20-21,23-24,26-27,29,33,35,39,41,51,53,88,92H,6-8,10,12-14,16,19,22,25,28,30-32,34,36-38,40,42-50,52,54-87H2,1-5H3/p+1/b11-9-,17-15-,20-18-,23-21-,26-24-,29-27-,35-33-,41-39-,53-51-. The summed E-state index contributed by atoms with van der Waals surface area (Å²) >= 11 is 0. The molecule has 9 nitrogen and oxygen atoms in total. The van der Waals surface area contributed by atoms with Crippen LogP contribution in [0.2, 0.25) is 0 Å². The van der Waals surface area contributed by atoms with Gasteiger partial charge in [-0.3, -0.25) is 9.59 Å². The topological polar surface area (TPSA) is 108 Å². The molecule has 0 aliphatic rings. The van der Waals surface area contributed by atoms with Crippen molar-refractivity contribution in [3.05, 3.63) is 109 Å². The number of carbonyl (C=O) groups excluding carboxylic acids is 2. The van der Waals surface area contributed by atoms with Crippen LogP contribution in [0.25, 0.3) is 0 Å². The Kier molecular flexibility index (Phi) is 78.3. The second-order valence-electron chi connectivity index (χ2n) is 30.1. The van der Waals surface area contributed by atoms with Gasteiger partial charge in [0, 0.05) is 12.8 Å². The number of aliphatic carboxylic acids is 1. The van der Waals surface area contributed by atoms with Crippen LogP contribution in [0.5, 0.6) is 0 Å². The number of quaternary nitrogens is 1.